The minimum atomic E-state index is -0.423. The molecule has 0 saturated heterocycles. The molecule has 1 aromatic carbocycles. The van der Waals surface area contributed by atoms with Crippen molar-refractivity contribution in [2.24, 2.45) is 7.05 Å². The minimum Gasteiger partial charge on any atom is -0.455 e. The lowest BCUT2D eigenvalue weighted by Gasteiger charge is -2.02. The number of aryl methyl sites for hydroxylation is 1. The number of furan rings is 1. The Morgan fingerprint density at radius 3 is 2.26 bits per heavy atom. The van der Waals surface area contributed by atoms with Gasteiger partial charge in [-0.3, -0.25) is 9.59 Å². The Balaban J connectivity index is 1.57. The van der Waals surface area contributed by atoms with Gasteiger partial charge in [0.15, 0.2) is 5.58 Å². The van der Waals surface area contributed by atoms with E-state index < -0.39 is 11.6 Å². The van der Waals surface area contributed by atoms with Crippen molar-refractivity contribution in [3.63, 3.8) is 0 Å². The number of hydrogen-bond donors (Lipinski definition) is 0. The summed E-state index contributed by atoms with van der Waals surface area (Å²) in [5.41, 5.74) is 3.89. The van der Waals surface area contributed by atoms with Crippen molar-refractivity contribution >= 4 is 28.7 Å². The van der Waals surface area contributed by atoms with Gasteiger partial charge in [0.05, 0.1) is 16.8 Å². The van der Waals surface area contributed by atoms with Crippen LogP contribution in [0.2, 0.25) is 0 Å². The average molecular weight is 355 g/mol. The summed E-state index contributed by atoms with van der Waals surface area (Å²) in [7, 11) is 1.95. The van der Waals surface area contributed by atoms with Gasteiger partial charge in [0.1, 0.15) is 17.1 Å². The Bertz CT molecular complexity index is 1230. The van der Waals surface area contributed by atoms with E-state index in [-0.39, 0.29) is 17.0 Å². The number of Topliss-reactive ketones (excluding diaryl/α,β-unsaturated/α-hetero) is 2. The topological polar surface area (TPSA) is 78.0 Å². The first-order valence-corrected chi connectivity index (χ1v) is 8.40. The average Bonchev–Trinajstić information content (AvgIpc) is 3.31. The van der Waals surface area contributed by atoms with Gasteiger partial charge in [0.25, 0.3) is 0 Å². The Hall–Kier alpha value is -3.80. The summed E-state index contributed by atoms with van der Waals surface area (Å²) in [5, 5.41) is 0. The zero-order valence-electron chi connectivity index (χ0n) is 14.3. The molecule has 6 nitrogen and oxygen atoms in total. The number of carbonyl (C=O) groups excluding carboxylic acids is 2. The van der Waals surface area contributed by atoms with Crippen LogP contribution in [0.25, 0.3) is 28.4 Å². The van der Waals surface area contributed by atoms with Crippen LogP contribution < -0.4 is 0 Å². The van der Waals surface area contributed by atoms with Crippen LogP contribution in [0.15, 0.2) is 64.8 Å². The molecule has 5 rings (SSSR count). The highest BCUT2D eigenvalue weighted by Gasteiger charge is 2.36. The Labute approximate surface area is 153 Å². The lowest BCUT2D eigenvalue weighted by molar-refractivity contribution is 0.0987. The molecule has 0 fully saturated rings. The molecule has 3 heterocycles. The van der Waals surface area contributed by atoms with Crippen molar-refractivity contribution in [3.05, 3.63) is 77.6 Å². The van der Waals surface area contributed by atoms with E-state index in [0.717, 1.165) is 16.8 Å². The number of fused-ring (bicyclic) bond motifs is 2. The molecule has 3 aromatic heterocycles. The van der Waals surface area contributed by atoms with E-state index in [1.807, 2.05) is 54.1 Å². The van der Waals surface area contributed by atoms with E-state index >= 15 is 0 Å². The van der Waals surface area contributed by atoms with Crippen molar-refractivity contribution in [3.8, 4) is 11.3 Å². The molecule has 0 amide bonds. The minimum absolute atomic E-state index is 0.0264. The Morgan fingerprint density at radius 1 is 0.963 bits per heavy atom. The van der Waals surface area contributed by atoms with Crippen LogP contribution in [0, 0.1) is 0 Å². The van der Waals surface area contributed by atoms with E-state index in [0.29, 0.717) is 11.3 Å². The highest BCUT2D eigenvalue weighted by Crippen LogP contribution is 2.31. The summed E-state index contributed by atoms with van der Waals surface area (Å²) >= 11 is 0. The smallest absolute Gasteiger partial charge is 0.217 e. The second kappa shape index (κ2) is 5.60. The number of benzene rings is 1. The lowest BCUT2D eigenvalue weighted by atomic mass is 10.1. The predicted octanol–water partition coefficient (Wildman–Crippen LogP) is 3.69. The van der Waals surface area contributed by atoms with Gasteiger partial charge in [0.2, 0.25) is 11.6 Å². The predicted molar refractivity (Wildman–Crippen MR) is 99.3 cm³/mol. The molecule has 0 atom stereocenters. The molecule has 0 N–H and O–H groups in total. The lowest BCUT2D eigenvalue weighted by Crippen LogP contribution is -2.00. The normalized spacial score (nSPS) is 13.4. The third kappa shape index (κ3) is 2.27. The van der Waals surface area contributed by atoms with E-state index in [4.69, 9.17) is 4.42 Å². The van der Waals surface area contributed by atoms with Crippen LogP contribution in [0.5, 0.6) is 0 Å². The highest BCUT2D eigenvalue weighted by molar-refractivity contribution is 6.40. The van der Waals surface area contributed by atoms with Crippen molar-refractivity contribution in [2.45, 2.75) is 0 Å². The quantitative estimate of drug-likeness (QED) is 0.405. The molecular formula is C21H13N3O3. The second-order valence-electron chi connectivity index (χ2n) is 6.32. The number of aromatic nitrogens is 3. The van der Waals surface area contributed by atoms with Gasteiger partial charge in [-0.25, -0.2) is 9.97 Å². The first-order chi connectivity index (χ1) is 13.1. The number of rotatable bonds is 2. The summed E-state index contributed by atoms with van der Waals surface area (Å²) < 4.78 is 7.89. The Morgan fingerprint density at radius 2 is 1.63 bits per heavy atom. The van der Waals surface area contributed by atoms with Gasteiger partial charge in [0, 0.05) is 31.6 Å². The van der Waals surface area contributed by atoms with E-state index in [1.165, 1.54) is 18.5 Å². The highest BCUT2D eigenvalue weighted by atomic mass is 16.3. The number of carbonyl (C=O) groups is 2. The maximum atomic E-state index is 12.4. The number of nitrogens with zero attached hydrogens (tertiary/aromatic N) is 3. The number of hydrogen-bond acceptors (Lipinski definition) is 5. The van der Waals surface area contributed by atoms with Gasteiger partial charge < -0.3 is 8.98 Å². The fourth-order valence-electron chi connectivity index (χ4n) is 3.39. The summed E-state index contributed by atoms with van der Waals surface area (Å²) in [6.07, 6.45) is 4.27. The van der Waals surface area contributed by atoms with Crippen molar-refractivity contribution in [2.75, 3.05) is 0 Å². The summed E-state index contributed by atoms with van der Waals surface area (Å²) in [6.45, 7) is 0. The molecule has 0 radical (unpaired) electrons. The number of ketones is 2. The summed E-state index contributed by atoms with van der Waals surface area (Å²) in [6, 6.07) is 13.8. The van der Waals surface area contributed by atoms with Crippen molar-refractivity contribution in [1.29, 1.82) is 0 Å². The van der Waals surface area contributed by atoms with E-state index in [9.17, 15) is 9.59 Å². The molecule has 27 heavy (non-hydrogen) atoms. The van der Waals surface area contributed by atoms with Gasteiger partial charge in [-0.1, -0.05) is 30.3 Å². The first kappa shape index (κ1) is 15.5. The third-order valence-electron chi connectivity index (χ3n) is 4.72. The van der Waals surface area contributed by atoms with Crippen LogP contribution in [0.3, 0.4) is 0 Å². The van der Waals surface area contributed by atoms with Crippen LogP contribution in [0.4, 0.5) is 0 Å². The zero-order chi connectivity index (χ0) is 18.5. The summed E-state index contributed by atoms with van der Waals surface area (Å²) in [4.78, 5) is 32.8. The standard InChI is InChI=1S/C21H13N3O3/c1-24-15(12-5-3-2-4-6-12)11-17-16(24)10-13(27-17)9-14-20(25)18-19(21(14)26)23-8-7-22-18/h2-11H,1H3. The molecule has 0 saturated carbocycles. The monoisotopic (exact) mass is 355 g/mol. The SMILES string of the molecule is Cn1c(-c2ccccc2)cc2oc(C=C3C(=O)c4nccnc4C3=O)cc21. The molecule has 1 aliphatic carbocycles. The maximum absolute atomic E-state index is 12.4. The van der Waals surface area contributed by atoms with Crippen LogP contribution >= 0.6 is 0 Å². The van der Waals surface area contributed by atoms with Crippen molar-refractivity contribution < 1.29 is 14.0 Å². The second-order valence-corrected chi connectivity index (χ2v) is 6.32. The molecule has 0 aliphatic heterocycles. The van der Waals surface area contributed by atoms with Gasteiger partial charge in [-0.2, -0.15) is 0 Å². The first-order valence-electron chi connectivity index (χ1n) is 8.40. The zero-order valence-corrected chi connectivity index (χ0v) is 14.3. The van der Waals surface area contributed by atoms with Gasteiger partial charge in [-0.05, 0) is 11.6 Å². The molecule has 130 valence electrons. The molecule has 1 aliphatic rings. The van der Waals surface area contributed by atoms with Crippen molar-refractivity contribution in [1.82, 2.24) is 14.5 Å². The third-order valence-corrected chi connectivity index (χ3v) is 4.72. The van der Waals surface area contributed by atoms with Gasteiger partial charge >= 0.3 is 0 Å². The molecule has 0 spiro atoms. The molecule has 6 heteroatoms. The molecule has 0 unspecified atom stereocenters. The molecule has 0 bridgehead atoms. The largest absolute Gasteiger partial charge is 0.455 e. The molecular weight excluding hydrogens is 342 g/mol. The van der Waals surface area contributed by atoms with E-state index in [1.54, 1.807) is 0 Å². The fourth-order valence-corrected chi connectivity index (χ4v) is 3.39. The molecule has 4 aromatic rings. The Kier molecular flexibility index (Phi) is 3.21. The maximum Gasteiger partial charge on any atom is 0.217 e. The van der Waals surface area contributed by atoms with Crippen LogP contribution in [-0.4, -0.2) is 26.1 Å². The van der Waals surface area contributed by atoms with Crippen LogP contribution in [0.1, 0.15) is 26.7 Å². The van der Waals surface area contributed by atoms with E-state index in [2.05, 4.69) is 9.97 Å². The summed E-state index contributed by atoms with van der Waals surface area (Å²) in [5.74, 6) is -0.401. The van der Waals surface area contributed by atoms with Crippen LogP contribution in [-0.2, 0) is 7.05 Å². The number of allylic oxidation sites excluding steroid dienone is 1. The fraction of sp³-hybridized carbons (Fsp3) is 0.0476. The van der Waals surface area contributed by atoms with Gasteiger partial charge in [-0.15, -0.1) is 0 Å².